The molecule has 0 amide bonds. The summed E-state index contributed by atoms with van der Waals surface area (Å²) in [6.45, 7) is 2.11. The molecule has 1 nitrogen and oxygen atoms in total. The topological polar surface area (TPSA) is 12.0 Å². The lowest BCUT2D eigenvalue weighted by Crippen LogP contribution is -2.19. The number of aryl methyl sites for hydroxylation is 1. The quantitative estimate of drug-likeness (QED) is 0.871. The average molecular weight is 249 g/mol. The van der Waals surface area contributed by atoms with Crippen LogP contribution in [0.3, 0.4) is 0 Å². The summed E-state index contributed by atoms with van der Waals surface area (Å²) in [6.07, 6.45) is 0.811. The van der Waals surface area contributed by atoms with Crippen molar-refractivity contribution in [3.8, 4) is 0 Å². The predicted octanol–water partition coefficient (Wildman–Crippen LogP) is 3.70. The van der Waals surface area contributed by atoms with Crippen molar-refractivity contribution in [2.45, 2.75) is 19.4 Å². The number of hydrogen-bond acceptors (Lipinski definition) is 2. The summed E-state index contributed by atoms with van der Waals surface area (Å²) in [5.41, 5.74) is 3.63. The van der Waals surface area contributed by atoms with Crippen molar-refractivity contribution >= 4 is 11.3 Å². The number of likely N-dealkylation sites (N-methyl/N-ethyl adjacent to an activating group) is 1. The zero-order valence-electron chi connectivity index (χ0n) is 10.0. The van der Waals surface area contributed by atoms with Gasteiger partial charge in [-0.05, 0) is 60.0 Å². The molecule has 2 rings (SSSR count). The molecule has 90 valence electrons. The van der Waals surface area contributed by atoms with Crippen LogP contribution < -0.4 is 5.32 Å². The Balaban J connectivity index is 2.19. The molecule has 2 aromatic rings. The molecular formula is C14H16FNS. The van der Waals surface area contributed by atoms with Gasteiger partial charge in [-0.3, -0.25) is 0 Å². The maximum Gasteiger partial charge on any atom is 0.123 e. The lowest BCUT2D eigenvalue weighted by Gasteiger charge is -2.16. The van der Waals surface area contributed by atoms with Gasteiger partial charge in [-0.25, -0.2) is 4.39 Å². The second-order valence-electron chi connectivity index (χ2n) is 4.19. The normalized spacial score (nSPS) is 12.6. The van der Waals surface area contributed by atoms with Crippen LogP contribution in [0, 0.1) is 12.7 Å². The lowest BCUT2D eigenvalue weighted by atomic mass is 9.99. The first-order chi connectivity index (χ1) is 8.20. The molecule has 1 atom stereocenters. The number of nitrogens with one attached hydrogen (secondary N) is 1. The minimum atomic E-state index is -0.167. The molecule has 1 heterocycles. The van der Waals surface area contributed by atoms with Crippen molar-refractivity contribution in [2.24, 2.45) is 0 Å². The second-order valence-corrected chi connectivity index (χ2v) is 4.93. The van der Waals surface area contributed by atoms with Gasteiger partial charge >= 0.3 is 0 Å². The first kappa shape index (κ1) is 12.3. The van der Waals surface area contributed by atoms with Crippen molar-refractivity contribution in [2.75, 3.05) is 7.05 Å². The van der Waals surface area contributed by atoms with E-state index in [4.69, 9.17) is 0 Å². The van der Waals surface area contributed by atoms with Gasteiger partial charge in [-0.2, -0.15) is 11.3 Å². The number of benzene rings is 1. The second kappa shape index (κ2) is 5.43. The summed E-state index contributed by atoms with van der Waals surface area (Å²) in [7, 11) is 1.95. The van der Waals surface area contributed by atoms with Crippen LogP contribution in [0.25, 0.3) is 0 Å². The highest BCUT2D eigenvalue weighted by Crippen LogP contribution is 2.24. The number of halogens is 1. The van der Waals surface area contributed by atoms with E-state index < -0.39 is 0 Å². The minimum Gasteiger partial charge on any atom is -0.313 e. The first-order valence-corrected chi connectivity index (χ1v) is 6.59. The van der Waals surface area contributed by atoms with Gasteiger partial charge in [0.05, 0.1) is 0 Å². The molecule has 0 fully saturated rings. The van der Waals surface area contributed by atoms with E-state index in [-0.39, 0.29) is 11.9 Å². The van der Waals surface area contributed by atoms with Crippen molar-refractivity contribution in [3.05, 3.63) is 57.5 Å². The standard InChI is InChI=1S/C14H16FNS/c1-10-8-17-9-13(10)14(16-2)7-11-4-3-5-12(15)6-11/h3-6,8-9,14,16H,7H2,1-2H3. The Labute approximate surface area is 105 Å². The predicted molar refractivity (Wildman–Crippen MR) is 71.0 cm³/mol. The first-order valence-electron chi connectivity index (χ1n) is 5.65. The Morgan fingerprint density at radius 2 is 2.18 bits per heavy atom. The molecule has 0 radical (unpaired) electrons. The van der Waals surface area contributed by atoms with E-state index in [9.17, 15) is 4.39 Å². The molecule has 0 bridgehead atoms. The highest BCUT2D eigenvalue weighted by Gasteiger charge is 2.13. The molecule has 0 aliphatic heterocycles. The molecule has 1 N–H and O–H groups in total. The van der Waals surface area contributed by atoms with Gasteiger partial charge in [-0.15, -0.1) is 0 Å². The number of rotatable bonds is 4. The summed E-state index contributed by atoms with van der Waals surface area (Å²) in [6, 6.07) is 7.07. The van der Waals surface area contributed by atoms with Crippen LogP contribution in [-0.2, 0) is 6.42 Å². The average Bonchev–Trinajstić information content (AvgIpc) is 2.72. The van der Waals surface area contributed by atoms with Crippen LogP contribution in [0.1, 0.15) is 22.7 Å². The van der Waals surface area contributed by atoms with Crippen LogP contribution >= 0.6 is 11.3 Å². The summed E-state index contributed by atoms with van der Waals surface area (Å²) in [5, 5.41) is 7.60. The van der Waals surface area contributed by atoms with Gasteiger partial charge in [0.15, 0.2) is 0 Å². The Bertz CT molecular complexity index is 492. The zero-order valence-corrected chi connectivity index (χ0v) is 10.9. The molecule has 0 spiro atoms. The van der Waals surface area contributed by atoms with E-state index in [1.165, 1.54) is 17.2 Å². The number of thiophene rings is 1. The van der Waals surface area contributed by atoms with Crippen LogP contribution in [0.4, 0.5) is 4.39 Å². The monoisotopic (exact) mass is 249 g/mol. The van der Waals surface area contributed by atoms with Gasteiger partial charge in [-0.1, -0.05) is 12.1 Å². The van der Waals surface area contributed by atoms with Gasteiger partial charge < -0.3 is 5.32 Å². The summed E-state index contributed by atoms with van der Waals surface area (Å²) < 4.78 is 13.1. The van der Waals surface area contributed by atoms with Crippen LogP contribution in [0.5, 0.6) is 0 Å². The molecule has 3 heteroatoms. The van der Waals surface area contributed by atoms with Crippen molar-refractivity contribution in [1.82, 2.24) is 5.32 Å². The van der Waals surface area contributed by atoms with Crippen LogP contribution in [0.2, 0.25) is 0 Å². The third-order valence-corrected chi connectivity index (χ3v) is 3.83. The van der Waals surface area contributed by atoms with Crippen LogP contribution in [0.15, 0.2) is 35.0 Å². The van der Waals surface area contributed by atoms with Crippen molar-refractivity contribution < 1.29 is 4.39 Å². The molecular weight excluding hydrogens is 233 g/mol. The fourth-order valence-corrected chi connectivity index (χ4v) is 2.90. The molecule has 0 aliphatic rings. The van der Waals surface area contributed by atoms with Crippen LogP contribution in [-0.4, -0.2) is 7.05 Å². The number of hydrogen-bond donors (Lipinski definition) is 1. The van der Waals surface area contributed by atoms with Gasteiger partial charge in [0, 0.05) is 6.04 Å². The highest BCUT2D eigenvalue weighted by molar-refractivity contribution is 7.08. The highest BCUT2D eigenvalue weighted by atomic mass is 32.1. The Hall–Kier alpha value is -1.19. The van der Waals surface area contributed by atoms with E-state index in [0.717, 1.165) is 12.0 Å². The van der Waals surface area contributed by atoms with E-state index in [2.05, 4.69) is 23.0 Å². The Kier molecular flexibility index (Phi) is 3.92. The maximum absolute atomic E-state index is 13.1. The van der Waals surface area contributed by atoms with Gasteiger partial charge in [0.2, 0.25) is 0 Å². The van der Waals surface area contributed by atoms with E-state index in [1.54, 1.807) is 23.5 Å². The van der Waals surface area contributed by atoms with Crippen molar-refractivity contribution in [3.63, 3.8) is 0 Å². The third-order valence-electron chi connectivity index (χ3n) is 2.95. The molecule has 0 saturated heterocycles. The molecule has 1 unspecified atom stereocenters. The van der Waals surface area contributed by atoms with E-state index in [0.29, 0.717) is 0 Å². The third kappa shape index (κ3) is 2.93. The summed E-state index contributed by atoms with van der Waals surface area (Å²) >= 11 is 1.71. The van der Waals surface area contributed by atoms with E-state index >= 15 is 0 Å². The minimum absolute atomic E-state index is 0.167. The summed E-state index contributed by atoms with van der Waals surface area (Å²) in [5.74, 6) is -0.167. The Morgan fingerprint density at radius 3 is 2.76 bits per heavy atom. The Morgan fingerprint density at radius 1 is 1.35 bits per heavy atom. The fourth-order valence-electron chi connectivity index (χ4n) is 1.99. The van der Waals surface area contributed by atoms with Gasteiger partial charge in [0.1, 0.15) is 5.82 Å². The van der Waals surface area contributed by atoms with E-state index in [1.807, 2.05) is 13.1 Å². The molecule has 1 aromatic heterocycles. The zero-order chi connectivity index (χ0) is 12.3. The lowest BCUT2D eigenvalue weighted by molar-refractivity contribution is 0.583. The molecule has 0 aliphatic carbocycles. The fraction of sp³-hybridized carbons (Fsp3) is 0.286. The smallest absolute Gasteiger partial charge is 0.123 e. The largest absolute Gasteiger partial charge is 0.313 e. The molecule has 17 heavy (non-hydrogen) atoms. The van der Waals surface area contributed by atoms with Crippen molar-refractivity contribution in [1.29, 1.82) is 0 Å². The molecule has 1 aromatic carbocycles. The maximum atomic E-state index is 13.1. The summed E-state index contributed by atoms with van der Waals surface area (Å²) in [4.78, 5) is 0. The van der Waals surface area contributed by atoms with Gasteiger partial charge in [0.25, 0.3) is 0 Å². The SMILES string of the molecule is CNC(Cc1cccc(F)c1)c1cscc1C. The molecule has 0 saturated carbocycles.